The van der Waals surface area contributed by atoms with E-state index < -0.39 is 110 Å². The van der Waals surface area contributed by atoms with Crippen molar-refractivity contribution in [2.75, 3.05) is 0 Å². The minimum Gasteiger partial charge on any atom is -0.508 e. The molecule has 0 aliphatic heterocycles. The lowest BCUT2D eigenvalue weighted by atomic mass is 10.0. The van der Waals surface area contributed by atoms with Gasteiger partial charge in [-0.15, -0.1) is 0 Å². The highest BCUT2D eigenvalue weighted by molar-refractivity contribution is 5.96. The van der Waals surface area contributed by atoms with Gasteiger partial charge < -0.3 is 52.5 Å². The Labute approximate surface area is 291 Å². The fraction of sp³-hybridized carbons (Fsp3) is 0.394. The monoisotopic (exact) mass is 715 g/mol. The number of amides is 4. The van der Waals surface area contributed by atoms with E-state index in [-0.39, 0.29) is 25.0 Å². The van der Waals surface area contributed by atoms with Crippen molar-refractivity contribution in [3.63, 3.8) is 0 Å². The molecule has 0 fully saturated rings. The van der Waals surface area contributed by atoms with E-state index >= 15 is 0 Å². The van der Waals surface area contributed by atoms with Crippen LogP contribution in [0.25, 0.3) is 0 Å². The van der Waals surface area contributed by atoms with E-state index in [0.717, 1.165) is 0 Å². The molecular formula is C33H41N5O13. The summed E-state index contributed by atoms with van der Waals surface area (Å²) in [6, 6.07) is 6.36. The van der Waals surface area contributed by atoms with Gasteiger partial charge in [-0.1, -0.05) is 42.5 Å². The fourth-order valence-corrected chi connectivity index (χ4v) is 4.71. The van der Waals surface area contributed by atoms with Crippen molar-refractivity contribution in [2.24, 2.45) is 5.73 Å². The lowest BCUT2D eigenvalue weighted by Crippen LogP contribution is -2.59. The van der Waals surface area contributed by atoms with Crippen LogP contribution >= 0.6 is 0 Å². The zero-order valence-electron chi connectivity index (χ0n) is 27.3. The van der Waals surface area contributed by atoms with E-state index in [1.54, 1.807) is 30.3 Å². The lowest BCUT2D eigenvalue weighted by molar-refractivity contribution is -0.142. The summed E-state index contributed by atoms with van der Waals surface area (Å²) in [7, 11) is 0. The largest absolute Gasteiger partial charge is 0.508 e. The number of carboxylic acid groups (broad SMARTS) is 4. The van der Waals surface area contributed by atoms with Gasteiger partial charge in [-0.3, -0.25) is 33.6 Å². The van der Waals surface area contributed by atoms with Gasteiger partial charge in [0, 0.05) is 32.1 Å². The summed E-state index contributed by atoms with van der Waals surface area (Å²) < 4.78 is 0. The molecule has 0 heterocycles. The minimum atomic E-state index is -1.66. The van der Waals surface area contributed by atoms with Crippen molar-refractivity contribution < 1.29 is 63.9 Å². The third-order valence-electron chi connectivity index (χ3n) is 7.47. The summed E-state index contributed by atoms with van der Waals surface area (Å²) in [5.41, 5.74) is 6.72. The molecule has 276 valence electrons. The lowest BCUT2D eigenvalue weighted by Gasteiger charge is -2.26. The maximum Gasteiger partial charge on any atom is 0.326 e. The van der Waals surface area contributed by atoms with Crippen molar-refractivity contribution in [2.45, 2.75) is 81.6 Å². The number of phenolic OH excluding ortho intramolecular Hbond substituents is 1. The number of carbonyl (C=O) groups excluding carboxylic acids is 4. The second-order valence-corrected chi connectivity index (χ2v) is 11.5. The standard InChI is InChI=1S/C33H41N5O13/c34-21(10-13-26(40)41)29(46)35-22(11-14-27(42)43)30(47)36-23(12-15-28(44)45)31(48)37-24(16-19-6-8-20(39)9-7-19)32(49)38-25(33(50)51)17-18-4-2-1-3-5-18/h1-9,21-25,39H,10-17,34H2,(H,35,46)(H,36,47)(H,37,48)(H,38,49)(H,40,41)(H,42,43)(H,44,45)(H,50,51)/t21-,22-,23-,24-,25-/m0/s1. The Kier molecular flexibility index (Phi) is 16.5. The number of phenols is 1. The zero-order chi connectivity index (χ0) is 38.1. The van der Waals surface area contributed by atoms with Gasteiger partial charge in [0.05, 0.1) is 6.04 Å². The Balaban J connectivity index is 2.35. The Morgan fingerprint density at radius 3 is 1.39 bits per heavy atom. The predicted molar refractivity (Wildman–Crippen MR) is 176 cm³/mol. The van der Waals surface area contributed by atoms with Crippen LogP contribution in [0.3, 0.4) is 0 Å². The number of aliphatic carboxylic acids is 4. The van der Waals surface area contributed by atoms with Crippen LogP contribution in [0, 0.1) is 0 Å². The van der Waals surface area contributed by atoms with Gasteiger partial charge in [0.2, 0.25) is 23.6 Å². The molecule has 0 aliphatic rings. The first-order chi connectivity index (χ1) is 24.0. The zero-order valence-corrected chi connectivity index (χ0v) is 27.3. The number of carbonyl (C=O) groups is 8. The summed E-state index contributed by atoms with van der Waals surface area (Å²) in [6.07, 6.45) is -3.43. The summed E-state index contributed by atoms with van der Waals surface area (Å²) >= 11 is 0. The van der Waals surface area contributed by atoms with Crippen LogP contribution in [0.15, 0.2) is 54.6 Å². The van der Waals surface area contributed by atoms with Crippen molar-refractivity contribution in [3.8, 4) is 5.75 Å². The number of rotatable bonds is 22. The maximum absolute atomic E-state index is 13.6. The van der Waals surface area contributed by atoms with E-state index in [1.165, 1.54) is 24.3 Å². The third-order valence-corrected chi connectivity index (χ3v) is 7.47. The molecule has 2 rings (SSSR count). The van der Waals surface area contributed by atoms with Crippen LogP contribution in [0.2, 0.25) is 0 Å². The Hall–Kier alpha value is -6.04. The molecule has 11 N–H and O–H groups in total. The topological polar surface area (TPSA) is 312 Å². The average molecular weight is 716 g/mol. The Morgan fingerprint density at radius 2 is 0.902 bits per heavy atom. The first-order valence-electron chi connectivity index (χ1n) is 15.7. The Morgan fingerprint density at radius 1 is 0.510 bits per heavy atom. The Bertz CT molecular complexity index is 1550. The molecule has 51 heavy (non-hydrogen) atoms. The molecule has 0 aromatic heterocycles. The van der Waals surface area contributed by atoms with Crippen LogP contribution in [0.4, 0.5) is 0 Å². The van der Waals surface area contributed by atoms with E-state index in [0.29, 0.717) is 11.1 Å². The summed E-state index contributed by atoms with van der Waals surface area (Å²) in [5, 5.41) is 56.2. The highest BCUT2D eigenvalue weighted by Crippen LogP contribution is 2.13. The van der Waals surface area contributed by atoms with Crippen LogP contribution in [-0.2, 0) is 51.2 Å². The molecule has 0 saturated heterocycles. The smallest absolute Gasteiger partial charge is 0.326 e. The van der Waals surface area contributed by atoms with Gasteiger partial charge in [0.25, 0.3) is 0 Å². The molecule has 0 spiro atoms. The average Bonchev–Trinajstić information content (AvgIpc) is 3.07. The van der Waals surface area contributed by atoms with Gasteiger partial charge in [0.1, 0.15) is 29.9 Å². The molecule has 2 aromatic rings. The van der Waals surface area contributed by atoms with Crippen molar-refractivity contribution in [3.05, 3.63) is 65.7 Å². The third kappa shape index (κ3) is 15.4. The van der Waals surface area contributed by atoms with Gasteiger partial charge >= 0.3 is 23.9 Å². The van der Waals surface area contributed by atoms with Crippen LogP contribution < -0.4 is 27.0 Å². The molecule has 0 unspecified atom stereocenters. The number of hydrogen-bond acceptors (Lipinski definition) is 10. The van der Waals surface area contributed by atoms with Gasteiger partial charge in [-0.2, -0.15) is 0 Å². The normalized spacial score (nSPS) is 13.7. The minimum absolute atomic E-state index is 0.0959. The summed E-state index contributed by atoms with van der Waals surface area (Å²) in [5.74, 6) is -9.50. The molecule has 2 aromatic carbocycles. The highest BCUT2D eigenvalue weighted by atomic mass is 16.4. The molecule has 0 saturated carbocycles. The summed E-state index contributed by atoms with van der Waals surface area (Å²) in [4.78, 5) is 98.7. The molecule has 18 heteroatoms. The predicted octanol–water partition coefficient (Wildman–Crippen LogP) is -0.877. The number of nitrogens with one attached hydrogen (secondary N) is 4. The molecule has 4 amide bonds. The first-order valence-corrected chi connectivity index (χ1v) is 15.7. The number of nitrogens with two attached hydrogens (primary N) is 1. The van der Waals surface area contributed by atoms with Crippen LogP contribution in [-0.4, -0.2) is 103 Å². The van der Waals surface area contributed by atoms with E-state index in [9.17, 15) is 53.7 Å². The van der Waals surface area contributed by atoms with Crippen molar-refractivity contribution >= 4 is 47.5 Å². The second-order valence-electron chi connectivity index (χ2n) is 11.5. The maximum atomic E-state index is 13.6. The quantitative estimate of drug-likeness (QED) is 0.0708. The van der Waals surface area contributed by atoms with Crippen molar-refractivity contribution in [1.82, 2.24) is 21.3 Å². The summed E-state index contributed by atoms with van der Waals surface area (Å²) in [6.45, 7) is 0. The number of benzene rings is 2. The van der Waals surface area contributed by atoms with E-state index in [2.05, 4.69) is 21.3 Å². The molecule has 18 nitrogen and oxygen atoms in total. The van der Waals surface area contributed by atoms with Gasteiger partial charge in [-0.25, -0.2) is 4.79 Å². The van der Waals surface area contributed by atoms with Gasteiger partial charge in [0.15, 0.2) is 0 Å². The highest BCUT2D eigenvalue weighted by Gasteiger charge is 2.32. The van der Waals surface area contributed by atoms with E-state index in [4.69, 9.17) is 15.9 Å². The number of carboxylic acids is 4. The molecular weight excluding hydrogens is 674 g/mol. The molecule has 5 atom stereocenters. The number of aromatic hydroxyl groups is 1. The van der Waals surface area contributed by atoms with Crippen LogP contribution in [0.1, 0.15) is 49.7 Å². The molecule has 0 radical (unpaired) electrons. The molecule has 0 aliphatic carbocycles. The molecule has 0 bridgehead atoms. The number of hydrogen-bond donors (Lipinski definition) is 10. The fourth-order valence-electron chi connectivity index (χ4n) is 4.71. The van der Waals surface area contributed by atoms with Crippen molar-refractivity contribution in [1.29, 1.82) is 0 Å². The van der Waals surface area contributed by atoms with Crippen LogP contribution in [0.5, 0.6) is 5.75 Å². The first kappa shape index (κ1) is 41.1. The SMILES string of the molecule is N[C@@H](CCC(=O)O)C(=O)N[C@@H](CCC(=O)O)C(=O)N[C@@H](CCC(=O)O)C(=O)N[C@@H](Cc1ccc(O)cc1)C(=O)N[C@@H](Cc1ccccc1)C(=O)O. The second kappa shape index (κ2) is 20.5. The van der Waals surface area contributed by atoms with E-state index in [1.807, 2.05) is 0 Å². The van der Waals surface area contributed by atoms with Gasteiger partial charge in [-0.05, 0) is 42.5 Å².